The highest BCUT2D eigenvalue weighted by atomic mass is 32.2. The largest absolute Gasteiger partial charge is 0.479 e. The Hall–Kier alpha value is -5.20. The third-order valence-corrected chi connectivity index (χ3v) is 7.51. The summed E-state index contributed by atoms with van der Waals surface area (Å²) >= 11 is 1.05. The lowest BCUT2D eigenvalue weighted by atomic mass is 10.1. The molecule has 46 heavy (non-hydrogen) atoms. The van der Waals surface area contributed by atoms with Gasteiger partial charge < -0.3 is 14.8 Å². The van der Waals surface area contributed by atoms with Crippen LogP contribution in [0.15, 0.2) is 72.0 Å². The third-order valence-electron chi connectivity index (χ3n) is 6.59. The summed E-state index contributed by atoms with van der Waals surface area (Å²) in [6, 6.07) is 18.4. The Labute approximate surface area is 265 Å². The molecule has 11 nitrogen and oxygen atoms in total. The van der Waals surface area contributed by atoms with E-state index >= 15 is 0 Å². The van der Waals surface area contributed by atoms with Crippen LogP contribution in [0.5, 0.6) is 5.75 Å². The van der Waals surface area contributed by atoms with Gasteiger partial charge in [0.05, 0.1) is 23.7 Å². The van der Waals surface area contributed by atoms with Crippen molar-refractivity contribution in [2.75, 3.05) is 29.2 Å². The number of nitrogens with one attached hydrogen (secondary N) is 1. The molecule has 4 aromatic rings. The van der Waals surface area contributed by atoms with Crippen LogP contribution in [-0.4, -0.2) is 57.0 Å². The average molecular weight is 650 g/mol. The molecule has 0 aliphatic carbocycles. The molecule has 0 atom stereocenters. The molecule has 0 radical (unpaired) electrons. The number of rotatable bonds is 9. The number of hydrogen-bond acceptors (Lipinski definition) is 8. The van der Waals surface area contributed by atoms with Gasteiger partial charge in [0.15, 0.2) is 17.6 Å². The van der Waals surface area contributed by atoms with Gasteiger partial charge in [-0.1, -0.05) is 23.9 Å². The number of amidine groups is 1. The Balaban J connectivity index is 1.29. The molecular weight excluding hydrogens is 623 g/mol. The van der Waals surface area contributed by atoms with Gasteiger partial charge >= 0.3 is 12.2 Å². The Bertz CT molecular complexity index is 1840. The Kier molecular flexibility index (Phi) is 9.69. The quantitative estimate of drug-likeness (QED) is 0.227. The van der Waals surface area contributed by atoms with Crippen LogP contribution in [0, 0.1) is 25.2 Å². The number of carbonyl (C=O) groups excluding carboxylic acids is 2. The van der Waals surface area contributed by atoms with Crippen molar-refractivity contribution >= 4 is 40.2 Å². The molecule has 3 amide bonds. The molecule has 0 saturated carbocycles. The Morgan fingerprint density at radius 2 is 1.91 bits per heavy atom. The number of amides is 3. The fourth-order valence-electron chi connectivity index (χ4n) is 4.47. The summed E-state index contributed by atoms with van der Waals surface area (Å²) in [6.45, 7) is 1.71. The van der Waals surface area contributed by atoms with E-state index in [1.807, 2.05) is 6.07 Å². The second kappa shape index (κ2) is 13.8. The topological polar surface area (TPSA) is 135 Å². The van der Waals surface area contributed by atoms with E-state index in [1.165, 1.54) is 4.90 Å². The Morgan fingerprint density at radius 1 is 1.13 bits per heavy atom. The van der Waals surface area contributed by atoms with Crippen LogP contribution in [0.2, 0.25) is 0 Å². The van der Waals surface area contributed by atoms with Crippen LogP contribution in [0.3, 0.4) is 0 Å². The van der Waals surface area contributed by atoms with Crippen molar-refractivity contribution in [3.05, 3.63) is 83.7 Å². The van der Waals surface area contributed by atoms with E-state index in [2.05, 4.69) is 20.4 Å². The summed E-state index contributed by atoms with van der Waals surface area (Å²) in [6.07, 6.45) is -2.93. The van der Waals surface area contributed by atoms with Gasteiger partial charge in [-0.3, -0.25) is 9.69 Å². The molecule has 1 fully saturated rings. The molecule has 0 spiro atoms. The molecule has 1 N–H and O–H groups in total. The fourth-order valence-corrected chi connectivity index (χ4v) is 5.32. The molecular formula is C31H26F3N7O4S. The zero-order valence-electron chi connectivity index (χ0n) is 24.5. The van der Waals surface area contributed by atoms with Crippen LogP contribution in [-0.2, 0) is 16.1 Å². The zero-order chi connectivity index (χ0) is 32.8. The molecule has 1 aromatic heterocycles. The minimum atomic E-state index is -4.49. The number of nitriles is 1. The van der Waals surface area contributed by atoms with E-state index in [0.29, 0.717) is 39.6 Å². The minimum Gasteiger partial charge on any atom is -0.479 e. The second-order valence-corrected chi connectivity index (χ2v) is 11.0. The minimum absolute atomic E-state index is 0.00932. The van der Waals surface area contributed by atoms with Gasteiger partial charge in [-0.05, 0) is 73.5 Å². The number of anilines is 2. The third kappa shape index (κ3) is 7.89. The number of hydrogen-bond donors (Lipinski definition) is 1. The number of carbonyl (C=O) groups is 2. The highest BCUT2D eigenvalue weighted by Gasteiger charge is 2.33. The van der Waals surface area contributed by atoms with Gasteiger partial charge in [0.2, 0.25) is 5.91 Å². The lowest BCUT2D eigenvalue weighted by Gasteiger charge is -2.21. The highest BCUT2D eigenvalue weighted by Crippen LogP contribution is 2.32. The van der Waals surface area contributed by atoms with Crippen molar-refractivity contribution < 1.29 is 32.2 Å². The molecule has 2 heterocycles. The first kappa shape index (κ1) is 32.2. The monoisotopic (exact) mass is 649 g/mol. The van der Waals surface area contributed by atoms with Crippen molar-refractivity contribution in [3.8, 4) is 28.9 Å². The van der Waals surface area contributed by atoms with E-state index in [9.17, 15) is 22.8 Å². The Morgan fingerprint density at radius 3 is 2.63 bits per heavy atom. The number of halogens is 3. The van der Waals surface area contributed by atoms with Crippen LogP contribution in [0.4, 0.5) is 29.3 Å². The lowest BCUT2D eigenvalue weighted by Crippen LogP contribution is -2.31. The maximum absolute atomic E-state index is 13.0. The summed E-state index contributed by atoms with van der Waals surface area (Å²) < 4.78 is 49.6. The fraction of sp³-hybridized carbons (Fsp3) is 0.226. The van der Waals surface area contributed by atoms with Crippen molar-refractivity contribution in [3.63, 3.8) is 0 Å². The van der Waals surface area contributed by atoms with E-state index in [-0.39, 0.29) is 30.0 Å². The molecule has 15 heteroatoms. The standard InChI is InChI=1S/C31H26F3N7O4S/c1-19-3-4-22(15-44-17-31(32,33)34)26(13-19)41-27(42)16-46-30(41)38-29(43)37-25-10-5-21(14-20(25)2)28-36-18-40(39-28)23-6-8-24(9-7-23)45-12-11-35/h3-10,13-14,18H,12,15-17H2,1-2H3,(H,37,43)/b38-30-. The number of benzene rings is 3. The zero-order valence-corrected chi connectivity index (χ0v) is 25.4. The van der Waals surface area contributed by atoms with Gasteiger partial charge in [-0.15, -0.1) is 5.10 Å². The molecule has 3 aromatic carbocycles. The smallest absolute Gasteiger partial charge is 0.411 e. The first-order valence-corrected chi connectivity index (χ1v) is 14.7. The van der Waals surface area contributed by atoms with E-state index in [1.54, 1.807) is 85.5 Å². The van der Waals surface area contributed by atoms with Crippen molar-refractivity contribution in [2.45, 2.75) is 26.6 Å². The SMILES string of the molecule is Cc1ccc(COCC(F)(F)F)c(N2C(=O)CS/C2=N\C(=O)Nc2ccc(-c3ncn(-c4ccc(OCC#N)cc4)n3)cc2C)c1. The first-order valence-electron chi connectivity index (χ1n) is 13.7. The van der Waals surface area contributed by atoms with Crippen LogP contribution >= 0.6 is 11.8 Å². The van der Waals surface area contributed by atoms with Gasteiger partial charge in [0.25, 0.3) is 0 Å². The summed E-state index contributed by atoms with van der Waals surface area (Å²) in [5.74, 6) is 0.657. The number of nitrogens with zero attached hydrogens (tertiary/aromatic N) is 6. The van der Waals surface area contributed by atoms with Gasteiger partial charge in [0.1, 0.15) is 24.8 Å². The second-order valence-electron chi connectivity index (χ2n) is 10.1. The maximum Gasteiger partial charge on any atom is 0.411 e. The molecule has 0 bridgehead atoms. The number of ether oxygens (including phenoxy) is 2. The maximum atomic E-state index is 13.0. The number of aromatic nitrogens is 3. The summed E-state index contributed by atoms with van der Waals surface area (Å²) in [5.41, 5.74) is 4.04. The van der Waals surface area contributed by atoms with Crippen molar-refractivity contribution in [1.82, 2.24) is 14.8 Å². The van der Waals surface area contributed by atoms with Crippen LogP contribution in [0.1, 0.15) is 16.7 Å². The number of aryl methyl sites for hydroxylation is 2. The van der Waals surface area contributed by atoms with Gasteiger partial charge in [-0.25, -0.2) is 14.5 Å². The predicted molar refractivity (Wildman–Crippen MR) is 166 cm³/mol. The predicted octanol–water partition coefficient (Wildman–Crippen LogP) is 6.20. The van der Waals surface area contributed by atoms with E-state index in [0.717, 1.165) is 23.0 Å². The molecule has 1 aliphatic rings. The average Bonchev–Trinajstić information content (AvgIpc) is 3.64. The van der Waals surface area contributed by atoms with Crippen molar-refractivity contribution in [1.29, 1.82) is 5.26 Å². The summed E-state index contributed by atoms with van der Waals surface area (Å²) in [4.78, 5) is 35.5. The van der Waals surface area contributed by atoms with Crippen LogP contribution < -0.4 is 15.0 Å². The van der Waals surface area contributed by atoms with E-state index < -0.39 is 18.8 Å². The summed E-state index contributed by atoms with van der Waals surface area (Å²) in [5, 5.41) is 16.0. The van der Waals surface area contributed by atoms with Gasteiger partial charge in [-0.2, -0.15) is 23.4 Å². The molecule has 0 unspecified atom stereocenters. The van der Waals surface area contributed by atoms with Crippen LogP contribution in [0.25, 0.3) is 17.1 Å². The highest BCUT2D eigenvalue weighted by molar-refractivity contribution is 8.15. The number of thioether (sulfide) groups is 1. The number of urea groups is 1. The molecule has 1 aliphatic heterocycles. The lowest BCUT2D eigenvalue weighted by molar-refractivity contribution is -0.176. The molecule has 236 valence electrons. The summed E-state index contributed by atoms with van der Waals surface area (Å²) in [7, 11) is 0. The molecule has 1 saturated heterocycles. The normalized spacial score (nSPS) is 14.0. The molecule has 5 rings (SSSR count). The first-order chi connectivity index (χ1) is 22.0. The van der Waals surface area contributed by atoms with Gasteiger partial charge in [0, 0.05) is 16.8 Å². The van der Waals surface area contributed by atoms with Crippen molar-refractivity contribution in [2.24, 2.45) is 4.99 Å². The number of alkyl halides is 3. The number of aliphatic imine (C=N–C) groups is 1. The van der Waals surface area contributed by atoms with E-state index in [4.69, 9.17) is 14.7 Å².